The molecule has 10 saturated heterocycles. The van der Waals surface area contributed by atoms with E-state index in [-0.39, 0.29) is 124 Å². The normalized spacial score (nSPS) is 25.7. The Morgan fingerprint density at radius 3 is 1.59 bits per heavy atom. The Labute approximate surface area is 597 Å². The number of benzene rings is 4. The van der Waals surface area contributed by atoms with E-state index < -0.39 is 46.7 Å². The predicted octanol–water partition coefficient (Wildman–Crippen LogP) is 10.5. The summed E-state index contributed by atoms with van der Waals surface area (Å²) in [7, 11) is 1.49. The number of ketones is 2. The van der Waals surface area contributed by atoms with Crippen LogP contribution in [0, 0.1) is 36.3 Å². The summed E-state index contributed by atoms with van der Waals surface area (Å²) in [5, 5.41) is 15.7. The maximum Gasteiger partial charge on any atom is 0.410 e. The Morgan fingerprint density at radius 2 is 1.12 bits per heavy atom. The Morgan fingerprint density at radius 1 is 0.625 bits per heavy atom. The molecule has 8 aromatic rings. The number of phenols is 1. The topological polar surface area (TPSA) is 233 Å². The van der Waals surface area contributed by atoms with E-state index in [2.05, 4.69) is 36.8 Å². The number of nitrogens with one attached hydrogen (secondary N) is 1. The molecule has 4 aromatic carbocycles. The van der Waals surface area contributed by atoms with Crippen LogP contribution in [0.2, 0.25) is 0 Å². The van der Waals surface area contributed by atoms with Gasteiger partial charge in [0.15, 0.2) is 41.4 Å². The van der Waals surface area contributed by atoms with Crippen molar-refractivity contribution in [2.75, 3.05) is 89.3 Å². The van der Waals surface area contributed by atoms with Crippen LogP contribution >= 0.6 is 0 Å². The van der Waals surface area contributed by atoms with Crippen molar-refractivity contribution in [3.8, 4) is 48.2 Å². The number of piperazine rings is 2. The number of nitrogens with zero attached hydrogens (tertiary/aromatic N) is 13. The summed E-state index contributed by atoms with van der Waals surface area (Å²) in [5.74, 6) is 4.27. The van der Waals surface area contributed by atoms with Gasteiger partial charge in [0.1, 0.15) is 65.3 Å². The Hall–Kier alpha value is -9.41. The van der Waals surface area contributed by atoms with Crippen LogP contribution in [0.3, 0.4) is 0 Å². The number of aromatic hydroxyl groups is 1. The number of aromatic nitrogens is 8. The highest BCUT2D eigenvalue weighted by atomic mass is 19.1. The lowest BCUT2D eigenvalue weighted by molar-refractivity contribution is -0.0380. The van der Waals surface area contributed by atoms with Gasteiger partial charge >= 0.3 is 18.1 Å². The molecule has 8 atom stereocenters. The number of piperidine rings is 2. The van der Waals surface area contributed by atoms with Crippen LogP contribution in [-0.2, 0) is 9.47 Å². The predicted molar refractivity (Wildman–Crippen MR) is 378 cm³/mol. The molecule has 0 spiro atoms. The summed E-state index contributed by atoms with van der Waals surface area (Å²) in [6, 6.07) is 12.2. The first-order valence-corrected chi connectivity index (χ1v) is 36.4. The number of anilines is 2. The Bertz CT molecular complexity index is 4900. The van der Waals surface area contributed by atoms with E-state index in [4.69, 9.17) is 66.4 Å². The molecule has 542 valence electrons. The number of halogens is 4. The molecule has 12 fully saturated rings. The summed E-state index contributed by atoms with van der Waals surface area (Å²) in [6.07, 6.45) is 21.0. The second-order valence-electron chi connectivity index (χ2n) is 31.1. The zero-order valence-electron chi connectivity index (χ0n) is 58.6. The fourth-order valence-corrected chi connectivity index (χ4v) is 18.1. The van der Waals surface area contributed by atoms with Gasteiger partial charge in [-0.15, -0.1) is 12.8 Å². The molecule has 12 aliphatic rings. The average Bonchev–Trinajstić information content (AvgIpc) is 1.58. The number of imidazole rings is 2. The first-order valence-electron chi connectivity index (χ1n) is 36.4. The van der Waals surface area contributed by atoms with Crippen molar-refractivity contribution in [2.45, 2.75) is 176 Å². The number of alkyl halides is 2. The Balaban J connectivity index is 0.000000157. The lowest BCUT2D eigenvalue weighted by Gasteiger charge is -2.56. The fourth-order valence-electron chi connectivity index (χ4n) is 18.1. The second-order valence-corrected chi connectivity index (χ2v) is 31.1. The molecule has 2 saturated carbocycles. The minimum atomic E-state index is -0.925. The molecule has 1 amide bonds. The molecule has 2 aliphatic carbocycles. The van der Waals surface area contributed by atoms with E-state index in [0.29, 0.717) is 95.9 Å². The van der Waals surface area contributed by atoms with Gasteiger partial charge in [-0.3, -0.25) is 24.3 Å². The maximum atomic E-state index is 15.3. The minimum absolute atomic E-state index is 0.0103. The first kappa shape index (κ1) is 67.7. The first-order chi connectivity index (χ1) is 50.2. The van der Waals surface area contributed by atoms with Crippen molar-refractivity contribution >= 4 is 73.2 Å². The molecule has 2 N–H and O–H groups in total. The van der Waals surface area contributed by atoms with E-state index in [1.165, 1.54) is 37.4 Å². The van der Waals surface area contributed by atoms with Gasteiger partial charge in [-0.2, -0.15) is 19.9 Å². The van der Waals surface area contributed by atoms with Crippen molar-refractivity contribution in [2.24, 2.45) is 0 Å². The quantitative estimate of drug-likeness (QED) is 0.0373. The van der Waals surface area contributed by atoms with Crippen molar-refractivity contribution in [3.05, 3.63) is 94.1 Å². The lowest BCUT2D eigenvalue weighted by atomic mass is 9.88. The van der Waals surface area contributed by atoms with Crippen LogP contribution in [0.15, 0.2) is 48.5 Å². The van der Waals surface area contributed by atoms with Crippen molar-refractivity contribution in [3.63, 3.8) is 0 Å². The Kier molecular flexibility index (Phi) is 17.0. The molecule has 27 heteroatoms. The highest BCUT2D eigenvalue weighted by molar-refractivity contribution is 6.19. The number of carbonyl (C=O) groups excluding carboxylic acids is 3. The SMILES string of the molecule is C#Cc1c(F)ccc2cc(O)cc(C(=O)c3nc4nc(OC[C@@]56CCCN5C[C@H](F)C6)nc(N5C[C@H]6C[C@@H](C5)N6)c4n3C3CCC3)c12.C#Cc1c(F)ccc2cc(OCOC)cc(C(=O)c3nc4nc(OC[C@@]56CCCN5C[C@H](F)C6)nc(N5CC6CC(C5)N6C(=O)OC(C)(C)C)c4n3C3CCC3)c12. The molecule has 0 radical (unpaired) electrons. The molecule has 14 heterocycles. The zero-order chi connectivity index (χ0) is 71.8. The number of ether oxygens (including phenoxy) is 5. The number of terminal acetylenes is 2. The van der Waals surface area contributed by atoms with Crippen LogP contribution in [-0.4, -0.2) is 209 Å². The second kappa shape index (κ2) is 26.0. The van der Waals surface area contributed by atoms with Crippen molar-refractivity contribution < 1.29 is 60.7 Å². The third kappa shape index (κ3) is 11.7. The van der Waals surface area contributed by atoms with Gasteiger partial charge in [0, 0.05) is 105 Å². The molecule has 4 bridgehead atoms. The van der Waals surface area contributed by atoms with Gasteiger partial charge in [0.2, 0.25) is 11.6 Å². The molecular formula is C77H82F4N14O9. The van der Waals surface area contributed by atoms with E-state index in [1.54, 1.807) is 18.2 Å². The van der Waals surface area contributed by atoms with Crippen LogP contribution in [0.25, 0.3) is 43.9 Å². The molecular weight excluding hydrogens is 1340 g/mol. The maximum absolute atomic E-state index is 15.3. The summed E-state index contributed by atoms with van der Waals surface area (Å²) in [5.41, 5.74) is 0.496. The standard InChI is InChI=1S/C42H47F2N7O6.C35H35F2N7O3/c1-6-30-32(44)12-11-24-15-29(56-23-54-5)17-31(33(24)30)35(52)38-45-36-34(51(38)26-9-7-10-26)37(48-20-27-16-28(21-48)50(27)40(53)57-41(2,3)4)47-39(46-36)55-22-42-13-8-14-49(42)19-25(43)18-42;1-2-25-27(37)8-7-19-11-24(45)13-26(28(19)25)30(46)33-39-31-29(44(33)23-5-3-6-23)32(42-16-21-12-22(17-42)38-21)41-34(40-31)47-18-35-9-4-10-43(35)15-20(36)14-35/h1,11-12,15,17,25-28H,7-10,13-14,16,18-23H2,2-5H3;1,7-8,11,13,20-23,38,45H,3-6,9-10,12,14-18H2/t25-,27?,28?,42+;20-,21-,22+,35+/m11/s1. The molecule has 104 heavy (non-hydrogen) atoms. The molecule has 4 aromatic heterocycles. The van der Waals surface area contributed by atoms with E-state index in [9.17, 15) is 27.9 Å². The number of hydrogen-bond donors (Lipinski definition) is 2. The van der Waals surface area contributed by atoms with Crippen LogP contribution < -0.4 is 29.3 Å². The van der Waals surface area contributed by atoms with Crippen molar-refractivity contribution in [1.82, 2.24) is 59.1 Å². The third-order valence-electron chi connectivity index (χ3n) is 23.3. The van der Waals surface area contributed by atoms with Gasteiger partial charge in [-0.05, 0) is 158 Å². The number of rotatable bonds is 17. The van der Waals surface area contributed by atoms with Crippen LogP contribution in [0.1, 0.15) is 166 Å². The number of methoxy groups -OCH3 is 1. The number of carbonyl (C=O) groups is 3. The lowest BCUT2D eigenvalue weighted by Crippen LogP contribution is -2.70. The summed E-state index contributed by atoms with van der Waals surface area (Å²) in [6.45, 7) is 10.9. The minimum Gasteiger partial charge on any atom is -0.508 e. The highest BCUT2D eigenvalue weighted by Gasteiger charge is 2.53. The average molecular weight is 1420 g/mol. The van der Waals surface area contributed by atoms with Gasteiger partial charge in [0.05, 0.1) is 34.3 Å². The van der Waals surface area contributed by atoms with E-state index >= 15 is 9.18 Å². The number of amides is 1. The van der Waals surface area contributed by atoms with Crippen LogP contribution in [0.4, 0.5) is 34.0 Å². The van der Waals surface area contributed by atoms with Crippen molar-refractivity contribution in [1.29, 1.82) is 0 Å². The van der Waals surface area contributed by atoms with E-state index in [0.717, 1.165) is 103 Å². The summed E-state index contributed by atoms with van der Waals surface area (Å²) in [4.78, 5) is 82.8. The fraction of sp³-hybridized carbons (Fsp3) is 0.519. The summed E-state index contributed by atoms with van der Waals surface area (Å²) >= 11 is 0. The largest absolute Gasteiger partial charge is 0.508 e. The van der Waals surface area contributed by atoms with Gasteiger partial charge in [0.25, 0.3) is 0 Å². The number of phenolic OH excluding ortho intramolecular Hbond substituents is 1. The van der Waals surface area contributed by atoms with Crippen LogP contribution in [0.5, 0.6) is 23.5 Å². The monoisotopic (exact) mass is 1420 g/mol. The summed E-state index contributed by atoms with van der Waals surface area (Å²) < 4.78 is 92.7. The van der Waals surface area contributed by atoms with Gasteiger partial charge < -0.3 is 53.0 Å². The number of fused-ring (bicyclic) bond motifs is 10. The molecule has 2 unspecified atom stereocenters. The molecule has 20 rings (SSSR count). The molecule has 10 aliphatic heterocycles. The van der Waals surface area contributed by atoms with Gasteiger partial charge in [-0.25, -0.2) is 32.3 Å². The van der Waals surface area contributed by atoms with E-state index in [1.807, 2.05) is 34.8 Å². The van der Waals surface area contributed by atoms with Gasteiger partial charge in [-0.1, -0.05) is 24.0 Å². The third-order valence-corrected chi connectivity index (χ3v) is 23.3. The smallest absolute Gasteiger partial charge is 0.410 e. The molecule has 23 nitrogen and oxygen atoms in total. The highest BCUT2D eigenvalue weighted by Crippen LogP contribution is 2.47. The number of hydrogen-bond acceptors (Lipinski definition) is 20. The zero-order valence-corrected chi connectivity index (χ0v) is 58.6.